The number of carbonyl (C=O) groups excluding carboxylic acids is 1. The highest BCUT2D eigenvalue weighted by atomic mass is 16.5. The fourth-order valence-corrected chi connectivity index (χ4v) is 1.89. The molecule has 1 aromatic heterocycles. The Bertz CT molecular complexity index is 565. The van der Waals surface area contributed by atoms with Gasteiger partial charge >= 0.3 is 0 Å². The molecule has 1 heterocycles. The number of hydrogen-bond acceptors (Lipinski definition) is 4. The largest absolute Gasteiger partial charge is 0.491 e. The van der Waals surface area contributed by atoms with E-state index in [0.29, 0.717) is 36.6 Å². The number of amides is 1. The van der Waals surface area contributed by atoms with Gasteiger partial charge in [-0.1, -0.05) is 6.07 Å². The Morgan fingerprint density at radius 2 is 2.20 bits per heavy atom. The third-order valence-corrected chi connectivity index (χ3v) is 2.82. The monoisotopic (exact) mass is 274 g/mol. The zero-order valence-corrected chi connectivity index (χ0v) is 11.4. The van der Waals surface area contributed by atoms with Crippen molar-refractivity contribution >= 4 is 11.6 Å². The SMILES string of the molecule is CCOc1c(N)cccc1C(=O)NCCc1ccco1. The lowest BCUT2D eigenvalue weighted by Crippen LogP contribution is -2.26. The molecule has 0 saturated carbocycles. The lowest BCUT2D eigenvalue weighted by Gasteiger charge is -2.12. The van der Waals surface area contributed by atoms with Gasteiger partial charge in [0.15, 0.2) is 5.75 Å². The predicted molar refractivity (Wildman–Crippen MR) is 76.8 cm³/mol. The molecule has 0 spiro atoms. The standard InChI is InChI=1S/C15H18N2O3/c1-2-19-14-12(6-3-7-13(14)16)15(18)17-9-8-11-5-4-10-20-11/h3-7,10H,2,8-9,16H2,1H3,(H,17,18). The fourth-order valence-electron chi connectivity index (χ4n) is 1.89. The van der Waals surface area contributed by atoms with Gasteiger partial charge in [-0.05, 0) is 31.2 Å². The molecule has 2 aromatic rings. The summed E-state index contributed by atoms with van der Waals surface area (Å²) in [4.78, 5) is 12.1. The maximum Gasteiger partial charge on any atom is 0.255 e. The average Bonchev–Trinajstić information content (AvgIpc) is 2.94. The Labute approximate surface area is 117 Å². The summed E-state index contributed by atoms with van der Waals surface area (Å²) in [6.07, 6.45) is 2.26. The van der Waals surface area contributed by atoms with E-state index in [1.54, 1.807) is 24.5 Å². The highest BCUT2D eigenvalue weighted by Crippen LogP contribution is 2.26. The van der Waals surface area contributed by atoms with E-state index in [0.717, 1.165) is 5.76 Å². The molecule has 0 aliphatic rings. The molecule has 0 aliphatic carbocycles. The maximum atomic E-state index is 12.1. The third-order valence-electron chi connectivity index (χ3n) is 2.82. The van der Waals surface area contributed by atoms with Crippen LogP contribution >= 0.6 is 0 Å². The van der Waals surface area contributed by atoms with Crippen molar-refractivity contribution in [3.63, 3.8) is 0 Å². The number of nitrogen functional groups attached to an aromatic ring is 1. The number of hydrogen-bond donors (Lipinski definition) is 2. The Morgan fingerprint density at radius 1 is 1.35 bits per heavy atom. The second-order valence-electron chi connectivity index (χ2n) is 4.24. The number of anilines is 1. The number of carbonyl (C=O) groups is 1. The van der Waals surface area contributed by atoms with Crippen LogP contribution in [0.5, 0.6) is 5.75 Å². The summed E-state index contributed by atoms with van der Waals surface area (Å²) in [7, 11) is 0. The van der Waals surface area contributed by atoms with E-state index >= 15 is 0 Å². The van der Waals surface area contributed by atoms with Gasteiger partial charge in [0, 0.05) is 13.0 Å². The number of furan rings is 1. The van der Waals surface area contributed by atoms with Crippen LogP contribution in [0.4, 0.5) is 5.69 Å². The van der Waals surface area contributed by atoms with Gasteiger partial charge in [0.2, 0.25) is 0 Å². The van der Waals surface area contributed by atoms with E-state index < -0.39 is 0 Å². The van der Waals surface area contributed by atoms with Gasteiger partial charge in [0.1, 0.15) is 5.76 Å². The first kappa shape index (κ1) is 14.0. The molecule has 2 rings (SSSR count). The van der Waals surface area contributed by atoms with Crippen LogP contribution in [0.3, 0.4) is 0 Å². The maximum absolute atomic E-state index is 12.1. The second kappa shape index (κ2) is 6.65. The lowest BCUT2D eigenvalue weighted by molar-refractivity contribution is 0.0950. The number of nitrogens with one attached hydrogen (secondary N) is 1. The second-order valence-corrected chi connectivity index (χ2v) is 4.24. The van der Waals surface area contributed by atoms with Crippen LogP contribution in [0.15, 0.2) is 41.0 Å². The molecule has 0 fully saturated rings. The summed E-state index contributed by atoms with van der Waals surface area (Å²) in [6, 6.07) is 8.84. The molecule has 1 aromatic carbocycles. The molecule has 20 heavy (non-hydrogen) atoms. The first-order chi connectivity index (χ1) is 9.72. The van der Waals surface area contributed by atoms with Crippen LogP contribution in [0.1, 0.15) is 23.0 Å². The van der Waals surface area contributed by atoms with Crippen molar-refractivity contribution in [1.82, 2.24) is 5.32 Å². The van der Waals surface area contributed by atoms with E-state index in [1.165, 1.54) is 0 Å². The molecule has 0 radical (unpaired) electrons. The Kier molecular flexibility index (Phi) is 4.65. The van der Waals surface area contributed by atoms with Gasteiger partial charge in [-0.15, -0.1) is 0 Å². The topological polar surface area (TPSA) is 77.5 Å². The van der Waals surface area contributed by atoms with Crippen LogP contribution in [-0.2, 0) is 6.42 Å². The summed E-state index contributed by atoms with van der Waals surface area (Å²) in [5.41, 5.74) is 6.74. The molecule has 106 valence electrons. The predicted octanol–water partition coefficient (Wildman–Crippen LogP) is 2.23. The Morgan fingerprint density at radius 3 is 2.90 bits per heavy atom. The Hall–Kier alpha value is -2.43. The van der Waals surface area contributed by atoms with Crippen LogP contribution in [0.25, 0.3) is 0 Å². The minimum absolute atomic E-state index is 0.202. The lowest BCUT2D eigenvalue weighted by atomic mass is 10.1. The number of benzene rings is 1. The minimum atomic E-state index is -0.202. The number of para-hydroxylation sites is 1. The highest BCUT2D eigenvalue weighted by Gasteiger charge is 2.14. The van der Waals surface area contributed by atoms with Crippen molar-refractivity contribution in [2.75, 3.05) is 18.9 Å². The molecule has 0 unspecified atom stereocenters. The van der Waals surface area contributed by atoms with Gasteiger partial charge < -0.3 is 20.2 Å². The average molecular weight is 274 g/mol. The van der Waals surface area contributed by atoms with Crippen molar-refractivity contribution in [2.45, 2.75) is 13.3 Å². The molecule has 0 aliphatic heterocycles. The molecule has 0 saturated heterocycles. The smallest absolute Gasteiger partial charge is 0.255 e. The number of rotatable bonds is 6. The Balaban J connectivity index is 1.99. The van der Waals surface area contributed by atoms with Crippen LogP contribution < -0.4 is 15.8 Å². The molecule has 3 N–H and O–H groups in total. The van der Waals surface area contributed by atoms with Crippen molar-refractivity contribution in [2.24, 2.45) is 0 Å². The fraction of sp³-hybridized carbons (Fsp3) is 0.267. The normalized spacial score (nSPS) is 10.2. The molecule has 0 bridgehead atoms. The summed E-state index contributed by atoms with van der Waals surface area (Å²) in [6.45, 7) is 2.80. The van der Waals surface area contributed by atoms with Gasteiger partial charge in [-0.2, -0.15) is 0 Å². The first-order valence-electron chi connectivity index (χ1n) is 6.54. The van der Waals surface area contributed by atoms with Crippen LogP contribution in [0, 0.1) is 0 Å². The van der Waals surface area contributed by atoms with Crippen LogP contribution in [0.2, 0.25) is 0 Å². The van der Waals surface area contributed by atoms with Crippen molar-refractivity contribution in [1.29, 1.82) is 0 Å². The summed E-state index contributed by atoms with van der Waals surface area (Å²) < 4.78 is 10.6. The van der Waals surface area contributed by atoms with Gasteiger partial charge in [-0.25, -0.2) is 0 Å². The zero-order chi connectivity index (χ0) is 14.4. The van der Waals surface area contributed by atoms with E-state index in [9.17, 15) is 4.79 Å². The minimum Gasteiger partial charge on any atom is -0.491 e. The van der Waals surface area contributed by atoms with Crippen molar-refractivity contribution < 1.29 is 13.9 Å². The molecule has 0 atom stereocenters. The molecular weight excluding hydrogens is 256 g/mol. The number of ether oxygens (including phenoxy) is 1. The van der Waals surface area contributed by atoms with E-state index in [4.69, 9.17) is 14.9 Å². The van der Waals surface area contributed by atoms with E-state index in [-0.39, 0.29) is 5.91 Å². The van der Waals surface area contributed by atoms with Gasteiger partial charge in [0.25, 0.3) is 5.91 Å². The van der Waals surface area contributed by atoms with E-state index in [2.05, 4.69) is 5.32 Å². The quantitative estimate of drug-likeness (QED) is 0.792. The summed E-state index contributed by atoms with van der Waals surface area (Å²) in [5.74, 6) is 1.07. The van der Waals surface area contributed by atoms with E-state index in [1.807, 2.05) is 19.1 Å². The zero-order valence-electron chi connectivity index (χ0n) is 11.4. The molecule has 5 nitrogen and oxygen atoms in total. The summed E-state index contributed by atoms with van der Waals surface area (Å²) in [5, 5.41) is 2.83. The first-order valence-corrected chi connectivity index (χ1v) is 6.54. The number of nitrogens with two attached hydrogens (primary N) is 1. The van der Waals surface area contributed by atoms with Gasteiger partial charge in [-0.3, -0.25) is 4.79 Å². The molecule has 5 heteroatoms. The third kappa shape index (κ3) is 3.32. The molecular formula is C15H18N2O3. The van der Waals surface area contributed by atoms with Crippen molar-refractivity contribution in [3.05, 3.63) is 47.9 Å². The van der Waals surface area contributed by atoms with Gasteiger partial charge in [0.05, 0.1) is 24.1 Å². The molecule has 1 amide bonds. The van der Waals surface area contributed by atoms with Crippen molar-refractivity contribution in [3.8, 4) is 5.75 Å². The summed E-state index contributed by atoms with van der Waals surface area (Å²) >= 11 is 0. The highest BCUT2D eigenvalue weighted by molar-refractivity contribution is 5.98. The van der Waals surface area contributed by atoms with Crippen LogP contribution in [-0.4, -0.2) is 19.1 Å².